The van der Waals surface area contributed by atoms with Crippen LogP contribution in [0.3, 0.4) is 0 Å². The Labute approximate surface area is 107 Å². The maximum absolute atomic E-state index is 13.8. The summed E-state index contributed by atoms with van der Waals surface area (Å²) in [6, 6.07) is 3.69. The van der Waals surface area contributed by atoms with E-state index in [4.69, 9.17) is 0 Å². The second-order valence-electron chi connectivity index (χ2n) is 4.23. The molecule has 0 fully saturated rings. The van der Waals surface area contributed by atoms with Gasteiger partial charge in [-0.1, -0.05) is 0 Å². The fraction of sp³-hybridized carbons (Fsp3) is 0.308. The lowest BCUT2D eigenvalue weighted by molar-refractivity contribution is -0.140. The molecule has 1 N–H and O–H groups in total. The Hall–Kier alpha value is -1.85. The molecule has 0 bridgehead atoms. The lowest BCUT2D eigenvalue weighted by atomic mass is 10.1. The minimum absolute atomic E-state index is 0.238. The number of nitrogens with zero attached hydrogens (tertiary/aromatic N) is 1. The zero-order valence-corrected chi connectivity index (χ0v) is 10.4. The van der Waals surface area contributed by atoms with Crippen molar-refractivity contribution in [3.63, 3.8) is 0 Å². The largest absolute Gasteiger partial charge is 0.433 e. The molecule has 0 aliphatic heterocycles. The van der Waals surface area contributed by atoms with Crippen molar-refractivity contribution in [2.45, 2.75) is 20.0 Å². The Morgan fingerprint density at radius 2 is 1.89 bits per heavy atom. The van der Waals surface area contributed by atoms with Crippen LogP contribution in [0.2, 0.25) is 0 Å². The molecule has 1 heterocycles. The van der Waals surface area contributed by atoms with Crippen LogP contribution in [-0.4, -0.2) is 11.5 Å². The molecule has 0 radical (unpaired) electrons. The van der Waals surface area contributed by atoms with Gasteiger partial charge in [-0.15, -0.1) is 0 Å². The molecule has 2 rings (SSSR count). The Morgan fingerprint density at radius 1 is 1.21 bits per heavy atom. The highest BCUT2D eigenvalue weighted by Gasteiger charge is 2.33. The van der Waals surface area contributed by atoms with E-state index in [-0.39, 0.29) is 11.2 Å². The van der Waals surface area contributed by atoms with E-state index < -0.39 is 17.7 Å². The van der Waals surface area contributed by atoms with Crippen LogP contribution in [0, 0.1) is 12.7 Å². The summed E-state index contributed by atoms with van der Waals surface area (Å²) >= 11 is 0. The molecule has 6 heteroatoms. The van der Waals surface area contributed by atoms with Gasteiger partial charge in [-0.2, -0.15) is 13.2 Å². The Morgan fingerprint density at radius 3 is 2.47 bits per heavy atom. The van der Waals surface area contributed by atoms with E-state index >= 15 is 0 Å². The number of rotatable bonds is 2. The maximum Gasteiger partial charge on any atom is 0.433 e. The lowest BCUT2D eigenvalue weighted by Gasteiger charge is -2.13. The number of benzene rings is 1. The van der Waals surface area contributed by atoms with Crippen molar-refractivity contribution in [1.82, 2.24) is 4.98 Å². The molecule has 1 aromatic heterocycles. The van der Waals surface area contributed by atoms with Crippen molar-refractivity contribution in [3.8, 4) is 0 Å². The highest BCUT2D eigenvalue weighted by atomic mass is 19.4. The molecular formula is C13H12F4N2. The molecule has 0 atom stereocenters. The number of aryl methyl sites for hydroxylation is 1. The number of halogens is 4. The molecule has 2 aromatic rings. The summed E-state index contributed by atoms with van der Waals surface area (Å²) in [5.41, 5.74) is -0.497. The van der Waals surface area contributed by atoms with Gasteiger partial charge in [0.15, 0.2) is 0 Å². The highest BCUT2D eigenvalue weighted by Crippen LogP contribution is 2.34. The van der Waals surface area contributed by atoms with Crippen molar-refractivity contribution in [1.29, 1.82) is 0 Å². The summed E-state index contributed by atoms with van der Waals surface area (Å²) in [5.74, 6) is -0.750. The quantitative estimate of drug-likeness (QED) is 0.831. The van der Waals surface area contributed by atoms with Gasteiger partial charge in [-0.25, -0.2) is 9.37 Å². The van der Waals surface area contributed by atoms with E-state index in [1.807, 2.05) is 0 Å². The van der Waals surface area contributed by atoms with Crippen molar-refractivity contribution < 1.29 is 17.6 Å². The van der Waals surface area contributed by atoms with E-state index in [1.165, 1.54) is 6.07 Å². The standard InChI is InChI=1S/C13H12F4N2/c1-3-18-10-6-11(13(15,16)17)19-12-8(10)4-7(2)5-9(12)14/h4-6H,3H2,1-2H3,(H,18,19). The SMILES string of the molecule is CCNc1cc(C(F)(F)F)nc2c(F)cc(C)cc12. The second-order valence-corrected chi connectivity index (χ2v) is 4.23. The molecule has 1 aromatic carbocycles. The van der Waals surface area contributed by atoms with Gasteiger partial charge >= 0.3 is 6.18 Å². The van der Waals surface area contributed by atoms with Gasteiger partial charge in [0.2, 0.25) is 0 Å². The minimum atomic E-state index is -4.60. The van der Waals surface area contributed by atoms with E-state index in [1.54, 1.807) is 19.9 Å². The molecule has 0 unspecified atom stereocenters. The first-order valence-corrected chi connectivity index (χ1v) is 5.75. The summed E-state index contributed by atoms with van der Waals surface area (Å²) in [6.07, 6.45) is -4.60. The van der Waals surface area contributed by atoms with Crippen LogP contribution in [0.1, 0.15) is 18.2 Å². The normalized spacial score (nSPS) is 11.9. The number of fused-ring (bicyclic) bond motifs is 1. The van der Waals surface area contributed by atoms with Crippen molar-refractivity contribution >= 4 is 16.6 Å². The van der Waals surface area contributed by atoms with Gasteiger partial charge in [0, 0.05) is 17.6 Å². The predicted octanol–water partition coefficient (Wildman–Crippen LogP) is 4.13. The topological polar surface area (TPSA) is 24.9 Å². The summed E-state index contributed by atoms with van der Waals surface area (Å²) in [7, 11) is 0. The molecule has 19 heavy (non-hydrogen) atoms. The van der Waals surface area contributed by atoms with Gasteiger partial charge in [0.05, 0.1) is 0 Å². The van der Waals surface area contributed by atoms with E-state index in [2.05, 4.69) is 10.3 Å². The van der Waals surface area contributed by atoms with Crippen molar-refractivity contribution in [2.24, 2.45) is 0 Å². The molecule has 0 aliphatic rings. The molecule has 0 aliphatic carbocycles. The summed E-state index contributed by atoms with van der Waals surface area (Å²) in [4.78, 5) is 3.39. The summed E-state index contributed by atoms with van der Waals surface area (Å²) in [5, 5.41) is 3.16. The highest BCUT2D eigenvalue weighted by molar-refractivity contribution is 5.92. The van der Waals surface area contributed by atoms with Gasteiger partial charge in [-0.3, -0.25) is 0 Å². The van der Waals surface area contributed by atoms with Crippen LogP contribution in [0.15, 0.2) is 18.2 Å². The van der Waals surface area contributed by atoms with Gasteiger partial charge in [-0.05, 0) is 37.6 Å². The number of pyridine rings is 1. The number of aromatic nitrogens is 1. The van der Waals surface area contributed by atoms with Crippen LogP contribution in [-0.2, 0) is 6.18 Å². The van der Waals surface area contributed by atoms with Gasteiger partial charge < -0.3 is 5.32 Å². The Balaban J connectivity index is 2.79. The van der Waals surface area contributed by atoms with Crippen LogP contribution in [0.4, 0.5) is 23.2 Å². The van der Waals surface area contributed by atoms with Crippen LogP contribution in [0.25, 0.3) is 10.9 Å². The first-order valence-electron chi connectivity index (χ1n) is 5.75. The molecule has 102 valence electrons. The lowest BCUT2D eigenvalue weighted by Crippen LogP contribution is -2.10. The van der Waals surface area contributed by atoms with Crippen LogP contribution >= 0.6 is 0 Å². The third-order valence-corrected chi connectivity index (χ3v) is 2.67. The number of anilines is 1. The molecule has 0 spiro atoms. The Bertz CT molecular complexity index is 620. The third-order valence-electron chi connectivity index (χ3n) is 2.67. The molecular weight excluding hydrogens is 260 g/mol. The minimum Gasteiger partial charge on any atom is -0.385 e. The predicted molar refractivity (Wildman–Crippen MR) is 65.6 cm³/mol. The third kappa shape index (κ3) is 2.62. The fourth-order valence-electron chi connectivity index (χ4n) is 1.90. The number of alkyl halides is 3. The first kappa shape index (κ1) is 13.6. The number of hydrogen-bond donors (Lipinski definition) is 1. The van der Waals surface area contributed by atoms with Crippen molar-refractivity contribution in [3.05, 3.63) is 35.3 Å². The molecule has 0 saturated heterocycles. The van der Waals surface area contributed by atoms with Gasteiger partial charge in [0.1, 0.15) is 17.0 Å². The summed E-state index contributed by atoms with van der Waals surface area (Å²) < 4.78 is 52.0. The molecule has 0 saturated carbocycles. The number of hydrogen-bond acceptors (Lipinski definition) is 2. The summed E-state index contributed by atoms with van der Waals surface area (Å²) in [6.45, 7) is 3.87. The zero-order chi connectivity index (χ0) is 14.2. The average molecular weight is 272 g/mol. The molecule has 2 nitrogen and oxygen atoms in total. The molecule has 0 amide bonds. The fourth-order valence-corrected chi connectivity index (χ4v) is 1.90. The van der Waals surface area contributed by atoms with E-state index in [0.717, 1.165) is 6.07 Å². The monoisotopic (exact) mass is 272 g/mol. The smallest absolute Gasteiger partial charge is 0.385 e. The average Bonchev–Trinajstić information content (AvgIpc) is 2.28. The van der Waals surface area contributed by atoms with E-state index in [9.17, 15) is 17.6 Å². The Kier molecular flexibility index (Phi) is 3.34. The van der Waals surface area contributed by atoms with Gasteiger partial charge in [0.25, 0.3) is 0 Å². The van der Waals surface area contributed by atoms with Crippen LogP contribution < -0.4 is 5.32 Å². The second kappa shape index (κ2) is 4.68. The van der Waals surface area contributed by atoms with Crippen molar-refractivity contribution in [2.75, 3.05) is 11.9 Å². The van der Waals surface area contributed by atoms with E-state index in [0.29, 0.717) is 17.5 Å². The maximum atomic E-state index is 13.8. The van der Waals surface area contributed by atoms with Crippen LogP contribution in [0.5, 0.6) is 0 Å². The number of nitrogens with one attached hydrogen (secondary N) is 1. The zero-order valence-electron chi connectivity index (χ0n) is 10.4. The first-order chi connectivity index (χ1) is 8.82.